The largest absolute Gasteiger partial charge is 0.464 e. The number of hydrogen-bond acceptors (Lipinski definition) is 5. The maximum atomic E-state index is 11.0. The molecule has 0 fully saturated rings. The topological polar surface area (TPSA) is 65.2 Å². The van der Waals surface area contributed by atoms with Crippen molar-refractivity contribution in [1.29, 1.82) is 0 Å². The summed E-state index contributed by atoms with van der Waals surface area (Å²) in [5.74, 6) is -0.416. The zero-order chi connectivity index (χ0) is 10.1. The van der Waals surface area contributed by atoms with Gasteiger partial charge in [-0.15, -0.1) is 11.3 Å². The first kappa shape index (κ1) is 10.1. The van der Waals surface area contributed by atoms with Gasteiger partial charge in [-0.05, 0) is 13.8 Å². The number of nitrogens with zero attached hydrogens (tertiary/aromatic N) is 1. The highest BCUT2D eigenvalue weighted by atomic mass is 32.1. The van der Waals surface area contributed by atoms with E-state index in [0.717, 1.165) is 0 Å². The van der Waals surface area contributed by atoms with Crippen molar-refractivity contribution in [3.8, 4) is 0 Å². The molecule has 1 rings (SSSR count). The Kier molecular flexibility index (Phi) is 2.68. The van der Waals surface area contributed by atoms with Crippen LogP contribution >= 0.6 is 11.3 Å². The van der Waals surface area contributed by atoms with Crippen LogP contribution in [0, 0.1) is 0 Å². The lowest BCUT2D eigenvalue weighted by molar-refractivity contribution is 0.0600. The second-order valence-corrected chi connectivity index (χ2v) is 4.11. The lowest BCUT2D eigenvalue weighted by atomic mass is 10.0. The lowest BCUT2D eigenvalue weighted by Gasteiger charge is -2.14. The minimum atomic E-state index is -0.511. The second kappa shape index (κ2) is 3.43. The Balaban J connectivity index is 2.93. The number of thiazole rings is 1. The van der Waals surface area contributed by atoms with Crippen LogP contribution in [-0.4, -0.2) is 18.1 Å². The minimum Gasteiger partial charge on any atom is -0.464 e. The first-order chi connectivity index (χ1) is 5.95. The first-order valence-electron chi connectivity index (χ1n) is 3.78. The highest BCUT2D eigenvalue weighted by molar-refractivity contribution is 7.11. The third-order valence-electron chi connectivity index (χ3n) is 1.52. The Morgan fingerprint density at radius 3 is 2.69 bits per heavy atom. The number of rotatable bonds is 2. The van der Waals surface area contributed by atoms with E-state index < -0.39 is 11.5 Å². The van der Waals surface area contributed by atoms with Crippen LogP contribution in [0.4, 0.5) is 0 Å². The van der Waals surface area contributed by atoms with E-state index in [9.17, 15) is 4.79 Å². The van der Waals surface area contributed by atoms with Gasteiger partial charge in [0.1, 0.15) is 0 Å². The number of aromatic nitrogens is 1. The molecule has 4 nitrogen and oxygen atoms in total. The molecule has 13 heavy (non-hydrogen) atoms. The molecule has 1 aromatic rings. The zero-order valence-corrected chi connectivity index (χ0v) is 8.64. The molecule has 2 N–H and O–H groups in total. The predicted octanol–water partition coefficient (Wildman–Crippen LogP) is 1.12. The van der Waals surface area contributed by atoms with Crippen LogP contribution in [0.3, 0.4) is 0 Å². The molecule has 0 spiro atoms. The summed E-state index contributed by atoms with van der Waals surface area (Å²) in [6, 6.07) is 0. The van der Waals surface area contributed by atoms with Gasteiger partial charge < -0.3 is 10.5 Å². The number of hydrogen-bond donors (Lipinski definition) is 1. The van der Waals surface area contributed by atoms with Crippen LogP contribution in [0.25, 0.3) is 0 Å². The van der Waals surface area contributed by atoms with Crippen LogP contribution in [0.5, 0.6) is 0 Å². The number of esters is 1. The lowest BCUT2D eigenvalue weighted by Crippen LogP contribution is -2.29. The van der Waals surface area contributed by atoms with E-state index in [1.165, 1.54) is 18.4 Å². The van der Waals surface area contributed by atoms with E-state index in [2.05, 4.69) is 9.72 Å². The molecule has 5 heteroatoms. The second-order valence-electron chi connectivity index (χ2n) is 3.25. The van der Waals surface area contributed by atoms with E-state index in [0.29, 0.717) is 10.7 Å². The number of carbonyl (C=O) groups is 1. The predicted molar refractivity (Wildman–Crippen MR) is 50.7 cm³/mol. The number of carbonyl (C=O) groups excluding carboxylic acids is 1. The van der Waals surface area contributed by atoms with Gasteiger partial charge in [0, 0.05) is 5.38 Å². The normalized spacial score (nSPS) is 11.4. The van der Waals surface area contributed by atoms with Crippen molar-refractivity contribution >= 4 is 17.3 Å². The summed E-state index contributed by atoms with van der Waals surface area (Å²) in [6.07, 6.45) is 0. The molecule has 0 bridgehead atoms. The summed E-state index contributed by atoms with van der Waals surface area (Å²) < 4.78 is 4.53. The molecular weight excluding hydrogens is 188 g/mol. The number of methoxy groups -OCH3 is 1. The Hall–Kier alpha value is -0.940. The molecule has 1 aromatic heterocycles. The average molecular weight is 200 g/mol. The fraction of sp³-hybridized carbons (Fsp3) is 0.500. The van der Waals surface area contributed by atoms with E-state index in [-0.39, 0.29) is 0 Å². The monoisotopic (exact) mass is 200 g/mol. The summed E-state index contributed by atoms with van der Waals surface area (Å²) in [4.78, 5) is 15.1. The van der Waals surface area contributed by atoms with Crippen LogP contribution in [0.2, 0.25) is 0 Å². The van der Waals surface area contributed by atoms with Crippen molar-refractivity contribution in [2.45, 2.75) is 19.4 Å². The Morgan fingerprint density at radius 2 is 2.31 bits per heavy atom. The molecule has 0 atom stereocenters. The van der Waals surface area contributed by atoms with Gasteiger partial charge in [-0.2, -0.15) is 0 Å². The minimum absolute atomic E-state index is 0.344. The standard InChI is InChI=1S/C8H12N2O2S/c1-8(2,9)5-4-13-6(10-5)7(11)12-3/h4H,9H2,1-3H3. The fourth-order valence-electron chi connectivity index (χ4n) is 0.751. The highest BCUT2D eigenvalue weighted by Crippen LogP contribution is 2.19. The van der Waals surface area contributed by atoms with Gasteiger partial charge in [0.15, 0.2) is 0 Å². The SMILES string of the molecule is COC(=O)c1nc(C(C)(C)N)cs1. The van der Waals surface area contributed by atoms with Gasteiger partial charge in [0.05, 0.1) is 18.3 Å². The van der Waals surface area contributed by atoms with Crippen LogP contribution in [0.15, 0.2) is 5.38 Å². The van der Waals surface area contributed by atoms with Crippen LogP contribution in [0.1, 0.15) is 29.3 Å². The third kappa shape index (κ3) is 2.26. The van der Waals surface area contributed by atoms with Gasteiger partial charge >= 0.3 is 5.97 Å². The molecule has 0 amide bonds. The molecule has 1 heterocycles. The Bertz CT molecular complexity index is 314. The molecule has 0 aliphatic carbocycles. The summed E-state index contributed by atoms with van der Waals surface area (Å²) in [7, 11) is 1.33. The smallest absolute Gasteiger partial charge is 0.367 e. The molecule has 0 aliphatic rings. The highest BCUT2D eigenvalue weighted by Gasteiger charge is 2.20. The zero-order valence-electron chi connectivity index (χ0n) is 7.83. The summed E-state index contributed by atoms with van der Waals surface area (Å²) >= 11 is 1.24. The van der Waals surface area contributed by atoms with Crippen LogP contribution < -0.4 is 5.73 Å². The van der Waals surface area contributed by atoms with E-state index in [1.807, 2.05) is 13.8 Å². The van der Waals surface area contributed by atoms with Crippen molar-refractivity contribution in [2.24, 2.45) is 5.73 Å². The van der Waals surface area contributed by atoms with Crippen LogP contribution in [-0.2, 0) is 10.3 Å². The molecule has 0 radical (unpaired) electrons. The van der Waals surface area contributed by atoms with Crippen molar-refractivity contribution in [3.05, 3.63) is 16.1 Å². The maximum Gasteiger partial charge on any atom is 0.367 e. The summed E-state index contributed by atoms with van der Waals surface area (Å²) in [5, 5.41) is 2.11. The first-order valence-corrected chi connectivity index (χ1v) is 4.66. The molecule has 0 aliphatic heterocycles. The average Bonchev–Trinajstić information content (AvgIpc) is 2.50. The number of ether oxygens (including phenoxy) is 1. The molecule has 0 saturated heterocycles. The van der Waals surface area contributed by atoms with Crippen molar-refractivity contribution in [1.82, 2.24) is 4.98 Å². The number of nitrogens with two attached hydrogens (primary N) is 1. The van der Waals surface area contributed by atoms with Gasteiger partial charge in [0.25, 0.3) is 0 Å². The quantitative estimate of drug-likeness (QED) is 0.727. The van der Waals surface area contributed by atoms with Crippen molar-refractivity contribution < 1.29 is 9.53 Å². The fourth-order valence-corrected chi connectivity index (χ4v) is 1.66. The van der Waals surface area contributed by atoms with Gasteiger partial charge in [-0.3, -0.25) is 0 Å². The third-order valence-corrected chi connectivity index (χ3v) is 2.35. The Labute approximate surface area is 80.7 Å². The van der Waals surface area contributed by atoms with Crippen molar-refractivity contribution in [3.63, 3.8) is 0 Å². The van der Waals surface area contributed by atoms with E-state index in [4.69, 9.17) is 5.73 Å². The van der Waals surface area contributed by atoms with Crippen molar-refractivity contribution in [2.75, 3.05) is 7.11 Å². The maximum absolute atomic E-state index is 11.0. The Morgan fingerprint density at radius 1 is 1.69 bits per heavy atom. The summed E-state index contributed by atoms with van der Waals surface area (Å²) in [6.45, 7) is 3.67. The molecule has 0 unspecified atom stereocenters. The van der Waals surface area contributed by atoms with Gasteiger partial charge in [-0.1, -0.05) is 0 Å². The van der Waals surface area contributed by atoms with E-state index >= 15 is 0 Å². The van der Waals surface area contributed by atoms with Gasteiger partial charge in [0.2, 0.25) is 5.01 Å². The summed E-state index contributed by atoms with van der Waals surface area (Å²) in [5.41, 5.74) is 6.00. The molecule has 0 saturated carbocycles. The van der Waals surface area contributed by atoms with Gasteiger partial charge in [-0.25, -0.2) is 9.78 Å². The molecular formula is C8H12N2O2S. The van der Waals surface area contributed by atoms with E-state index in [1.54, 1.807) is 5.38 Å². The molecule has 72 valence electrons. The molecule has 0 aromatic carbocycles.